The van der Waals surface area contributed by atoms with E-state index in [1.807, 2.05) is 0 Å². The van der Waals surface area contributed by atoms with Crippen LogP contribution in [0.5, 0.6) is 0 Å². The smallest absolute Gasteiger partial charge is 0.152 e. The van der Waals surface area contributed by atoms with Crippen LogP contribution >= 0.6 is 21.6 Å². The zero-order valence-electron chi connectivity index (χ0n) is 9.45. The highest BCUT2D eigenvalue weighted by atomic mass is 33.1. The van der Waals surface area contributed by atoms with E-state index in [1.165, 1.54) is 0 Å². The molecule has 0 saturated carbocycles. The van der Waals surface area contributed by atoms with E-state index in [1.54, 1.807) is 21.6 Å². The second-order valence-electron chi connectivity index (χ2n) is 3.41. The number of hydrogen-bond acceptors (Lipinski definition) is 5. The normalized spacial score (nSPS) is 16.6. The Hall–Kier alpha value is 0.880. The van der Waals surface area contributed by atoms with Crippen molar-refractivity contribution in [2.24, 2.45) is 5.73 Å². The number of rotatable bonds is 11. The second kappa shape index (κ2) is 11.9. The van der Waals surface area contributed by atoms with Crippen LogP contribution in [0.1, 0.15) is 19.3 Å². The lowest BCUT2D eigenvalue weighted by Gasteiger charge is -2.08. The average Bonchev–Trinajstić information content (AvgIpc) is 2.24. The number of hydrogen-bond donors (Lipinski definition) is 3. The van der Waals surface area contributed by atoms with Gasteiger partial charge in [0.25, 0.3) is 0 Å². The van der Waals surface area contributed by atoms with Crippen molar-refractivity contribution in [3.05, 3.63) is 0 Å². The van der Waals surface area contributed by atoms with Crippen molar-refractivity contribution in [2.75, 3.05) is 23.0 Å². The molecule has 3 unspecified atom stereocenters. The van der Waals surface area contributed by atoms with Crippen LogP contribution in [0, 0.1) is 0 Å². The van der Waals surface area contributed by atoms with Gasteiger partial charge in [0.1, 0.15) is 0 Å². The fraction of sp³-hybridized carbons (Fsp3) is 1.00. The van der Waals surface area contributed by atoms with Gasteiger partial charge in [-0.15, -0.1) is 0 Å². The Morgan fingerprint density at radius 2 is 1.71 bits per heavy atom. The Morgan fingerprint density at radius 1 is 1.06 bits per heavy atom. The molecule has 0 spiro atoms. The van der Waals surface area contributed by atoms with Crippen molar-refractivity contribution >= 4 is 43.7 Å². The summed E-state index contributed by atoms with van der Waals surface area (Å²) in [4.78, 5) is 0. The quantitative estimate of drug-likeness (QED) is 0.300. The SMILES string of the molecule is NC(CCS(=O)O)CSSCCCCS(=O)O. The molecule has 0 aromatic carbocycles. The van der Waals surface area contributed by atoms with Crippen LogP contribution in [0.3, 0.4) is 0 Å². The predicted octanol–water partition coefficient (Wildman–Crippen LogP) is 1.31. The first-order valence-corrected chi connectivity index (χ1v) is 10.2. The van der Waals surface area contributed by atoms with Crippen molar-refractivity contribution in [3.8, 4) is 0 Å². The molecule has 0 aliphatic heterocycles. The van der Waals surface area contributed by atoms with E-state index in [4.69, 9.17) is 14.8 Å². The van der Waals surface area contributed by atoms with Crippen molar-refractivity contribution in [1.29, 1.82) is 0 Å². The van der Waals surface area contributed by atoms with Crippen LogP contribution in [0.2, 0.25) is 0 Å². The van der Waals surface area contributed by atoms with E-state index in [-0.39, 0.29) is 11.8 Å². The first-order chi connectivity index (χ1) is 8.02. The highest BCUT2D eigenvalue weighted by Gasteiger charge is 2.05. The molecule has 0 aliphatic carbocycles. The lowest BCUT2D eigenvalue weighted by molar-refractivity contribution is 0.557. The average molecular weight is 322 g/mol. The van der Waals surface area contributed by atoms with Crippen molar-refractivity contribution < 1.29 is 17.5 Å². The third kappa shape index (κ3) is 14.8. The van der Waals surface area contributed by atoms with E-state index < -0.39 is 22.2 Å². The van der Waals surface area contributed by atoms with Gasteiger partial charge in [-0.3, -0.25) is 0 Å². The van der Waals surface area contributed by atoms with Crippen molar-refractivity contribution in [1.82, 2.24) is 0 Å². The van der Waals surface area contributed by atoms with Gasteiger partial charge in [-0.05, 0) is 19.3 Å². The topological polar surface area (TPSA) is 101 Å². The first-order valence-electron chi connectivity index (χ1n) is 5.17. The molecule has 0 amide bonds. The molecule has 0 saturated heterocycles. The summed E-state index contributed by atoms with van der Waals surface area (Å²) in [5.74, 6) is 2.26. The summed E-state index contributed by atoms with van der Waals surface area (Å²) in [6, 6.07) is -0.0476. The monoisotopic (exact) mass is 321 g/mol. The van der Waals surface area contributed by atoms with Gasteiger partial charge in [0.05, 0.1) is 5.75 Å². The molecular formula is C8H19NO4S4. The summed E-state index contributed by atoms with van der Waals surface area (Å²) in [7, 11) is 3.33. The first kappa shape index (κ1) is 17.9. The zero-order chi connectivity index (χ0) is 13.1. The maximum Gasteiger partial charge on any atom is 0.152 e. The van der Waals surface area contributed by atoms with Gasteiger partial charge in [-0.2, -0.15) is 0 Å². The summed E-state index contributed by atoms with van der Waals surface area (Å²) in [5, 5.41) is 0. The van der Waals surface area contributed by atoms with Crippen LogP contribution in [0.25, 0.3) is 0 Å². The summed E-state index contributed by atoms with van der Waals surface area (Å²) in [6.45, 7) is 0. The highest BCUT2D eigenvalue weighted by Crippen LogP contribution is 2.23. The third-order valence-electron chi connectivity index (χ3n) is 1.83. The van der Waals surface area contributed by atoms with Gasteiger partial charge in [0.2, 0.25) is 0 Å². The molecule has 0 bridgehead atoms. The molecule has 3 atom stereocenters. The lowest BCUT2D eigenvalue weighted by atomic mass is 10.3. The largest absolute Gasteiger partial charge is 0.327 e. The van der Waals surface area contributed by atoms with E-state index in [0.29, 0.717) is 12.2 Å². The molecule has 0 aromatic rings. The molecule has 104 valence electrons. The second-order valence-corrected chi connectivity index (χ2v) is 8.14. The molecule has 4 N–H and O–H groups in total. The minimum atomic E-state index is -1.75. The molecule has 0 radical (unpaired) electrons. The fourth-order valence-electron chi connectivity index (χ4n) is 0.916. The molecule has 17 heavy (non-hydrogen) atoms. The van der Waals surface area contributed by atoms with Gasteiger partial charge in [-0.25, -0.2) is 8.42 Å². The highest BCUT2D eigenvalue weighted by molar-refractivity contribution is 8.76. The number of nitrogens with two attached hydrogens (primary N) is 1. The predicted molar refractivity (Wildman–Crippen MR) is 78.0 cm³/mol. The van der Waals surface area contributed by atoms with Gasteiger partial charge in [0.15, 0.2) is 22.2 Å². The Kier molecular flexibility index (Phi) is 12.6. The molecule has 5 nitrogen and oxygen atoms in total. The Labute approximate surface area is 115 Å². The molecule has 0 aliphatic rings. The van der Waals surface area contributed by atoms with E-state index in [9.17, 15) is 8.42 Å². The maximum absolute atomic E-state index is 10.4. The van der Waals surface area contributed by atoms with E-state index >= 15 is 0 Å². The molecule has 0 heterocycles. The summed E-state index contributed by atoms with van der Waals surface area (Å²) in [6.07, 6.45) is 2.23. The van der Waals surface area contributed by atoms with Crippen molar-refractivity contribution in [3.63, 3.8) is 0 Å². The Balaban J connectivity index is 3.21. The van der Waals surface area contributed by atoms with E-state index in [0.717, 1.165) is 24.3 Å². The minimum absolute atomic E-state index is 0.0476. The summed E-state index contributed by atoms with van der Waals surface area (Å²) >= 11 is -3.43. The standard InChI is InChI=1S/C8H19NO4S4/c9-8(3-6-17(12)13)7-15-14-4-1-2-5-16(10)11/h8H,1-7,9H2,(H,10,11)(H,12,13). The molecule has 9 heteroatoms. The van der Waals surface area contributed by atoms with Crippen LogP contribution < -0.4 is 5.73 Å². The Bertz CT molecular complexity index is 242. The van der Waals surface area contributed by atoms with E-state index in [2.05, 4.69) is 0 Å². The van der Waals surface area contributed by atoms with Crippen LogP contribution in [0.15, 0.2) is 0 Å². The maximum atomic E-state index is 10.4. The van der Waals surface area contributed by atoms with Gasteiger partial charge in [0, 0.05) is 23.3 Å². The van der Waals surface area contributed by atoms with Crippen molar-refractivity contribution in [2.45, 2.75) is 25.3 Å². The summed E-state index contributed by atoms with van der Waals surface area (Å²) in [5.41, 5.74) is 5.75. The zero-order valence-corrected chi connectivity index (χ0v) is 12.7. The molecule has 0 fully saturated rings. The molecule has 0 rings (SSSR count). The van der Waals surface area contributed by atoms with Crippen LogP contribution in [0.4, 0.5) is 0 Å². The van der Waals surface area contributed by atoms with Gasteiger partial charge < -0.3 is 14.8 Å². The molecular weight excluding hydrogens is 302 g/mol. The lowest BCUT2D eigenvalue weighted by Crippen LogP contribution is -2.24. The van der Waals surface area contributed by atoms with Crippen LogP contribution in [-0.4, -0.2) is 46.6 Å². The fourth-order valence-corrected chi connectivity index (χ4v) is 4.27. The minimum Gasteiger partial charge on any atom is -0.327 e. The van der Waals surface area contributed by atoms with Crippen LogP contribution in [-0.2, 0) is 22.2 Å². The van der Waals surface area contributed by atoms with Gasteiger partial charge in [-0.1, -0.05) is 21.6 Å². The molecule has 0 aromatic heterocycles. The van der Waals surface area contributed by atoms with Gasteiger partial charge >= 0.3 is 0 Å². The number of unbranched alkanes of at least 4 members (excludes halogenated alkanes) is 1. The Morgan fingerprint density at radius 3 is 2.29 bits per heavy atom. The summed E-state index contributed by atoms with van der Waals surface area (Å²) < 4.78 is 37.9. The third-order valence-corrected chi connectivity index (χ3v) is 5.64.